The van der Waals surface area contributed by atoms with E-state index in [-0.39, 0.29) is 25.6 Å². The Kier molecular flexibility index (Phi) is 8.02. The highest BCUT2D eigenvalue weighted by Crippen LogP contribution is 2.37. The molecule has 0 N–H and O–H groups in total. The predicted octanol–water partition coefficient (Wildman–Crippen LogP) is 5.60. The molecule has 0 saturated carbocycles. The fourth-order valence-electron chi connectivity index (χ4n) is 3.22. The monoisotopic (exact) mass is 518 g/mol. The molecule has 0 saturated heterocycles. The summed E-state index contributed by atoms with van der Waals surface area (Å²) < 4.78 is 28.6. The summed E-state index contributed by atoms with van der Waals surface area (Å²) in [4.78, 5) is 24.2. The second kappa shape index (κ2) is 10.7. The van der Waals surface area contributed by atoms with Gasteiger partial charge in [-0.05, 0) is 61.8 Å². The maximum Gasteiger partial charge on any atom is 0.344 e. The van der Waals surface area contributed by atoms with Gasteiger partial charge in [-0.3, -0.25) is 4.79 Å². The molecular formula is C25H27BrO7. The van der Waals surface area contributed by atoms with E-state index in [9.17, 15) is 9.59 Å². The van der Waals surface area contributed by atoms with Crippen LogP contribution in [0.2, 0.25) is 0 Å². The van der Waals surface area contributed by atoms with Crippen molar-refractivity contribution >= 4 is 38.8 Å². The first kappa shape index (κ1) is 24.6. The summed E-state index contributed by atoms with van der Waals surface area (Å²) in [6, 6.07) is 10.9. The third-order valence-electron chi connectivity index (χ3n) is 4.47. The number of rotatable bonds is 9. The fourth-order valence-corrected chi connectivity index (χ4v) is 3.81. The summed E-state index contributed by atoms with van der Waals surface area (Å²) in [7, 11) is 0. The Morgan fingerprint density at radius 3 is 2.52 bits per heavy atom. The zero-order valence-corrected chi connectivity index (χ0v) is 20.7. The number of hydrogen-bond donors (Lipinski definition) is 0. The van der Waals surface area contributed by atoms with Gasteiger partial charge >= 0.3 is 11.9 Å². The SMILES string of the molecule is CCOC(=O)Cc1ccccc1OCc1cc(Br)c2occc2c1OCC(=O)OC(C)(C)C. The molecule has 0 atom stereocenters. The summed E-state index contributed by atoms with van der Waals surface area (Å²) in [6.07, 6.45) is 1.66. The summed E-state index contributed by atoms with van der Waals surface area (Å²) in [5.41, 5.74) is 1.40. The highest BCUT2D eigenvalue weighted by molar-refractivity contribution is 9.10. The van der Waals surface area contributed by atoms with Crippen LogP contribution in [-0.2, 0) is 32.1 Å². The van der Waals surface area contributed by atoms with Gasteiger partial charge < -0.3 is 23.4 Å². The summed E-state index contributed by atoms with van der Waals surface area (Å²) in [5.74, 6) is 0.231. The van der Waals surface area contributed by atoms with Crippen molar-refractivity contribution in [2.75, 3.05) is 13.2 Å². The second-order valence-corrected chi connectivity index (χ2v) is 9.12. The first-order valence-electron chi connectivity index (χ1n) is 10.6. The zero-order chi connectivity index (χ0) is 24.0. The van der Waals surface area contributed by atoms with Crippen LogP contribution < -0.4 is 9.47 Å². The summed E-state index contributed by atoms with van der Waals surface area (Å²) in [6.45, 7) is 7.36. The molecule has 3 rings (SSSR count). The van der Waals surface area contributed by atoms with Crippen molar-refractivity contribution in [3.8, 4) is 11.5 Å². The van der Waals surface area contributed by atoms with Crippen LogP contribution in [0.3, 0.4) is 0 Å². The predicted molar refractivity (Wildman–Crippen MR) is 126 cm³/mol. The molecule has 7 nitrogen and oxygen atoms in total. The minimum Gasteiger partial charge on any atom is -0.488 e. The number of benzene rings is 2. The maximum absolute atomic E-state index is 12.2. The van der Waals surface area contributed by atoms with Gasteiger partial charge in [-0.2, -0.15) is 0 Å². The molecule has 2 aromatic carbocycles. The first-order chi connectivity index (χ1) is 15.7. The topological polar surface area (TPSA) is 84.2 Å². The van der Waals surface area contributed by atoms with E-state index >= 15 is 0 Å². The molecule has 0 aliphatic rings. The molecule has 0 amide bonds. The number of esters is 2. The average Bonchev–Trinajstić information content (AvgIpc) is 3.22. The Morgan fingerprint density at radius 1 is 1.03 bits per heavy atom. The molecule has 0 bridgehead atoms. The Balaban J connectivity index is 1.83. The van der Waals surface area contributed by atoms with E-state index < -0.39 is 11.6 Å². The quantitative estimate of drug-likeness (QED) is 0.340. The van der Waals surface area contributed by atoms with Gasteiger partial charge in [0.1, 0.15) is 23.7 Å². The van der Waals surface area contributed by atoms with Crippen molar-refractivity contribution in [1.29, 1.82) is 0 Å². The van der Waals surface area contributed by atoms with E-state index in [2.05, 4.69) is 15.9 Å². The van der Waals surface area contributed by atoms with Crippen molar-refractivity contribution in [2.24, 2.45) is 0 Å². The molecule has 0 aliphatic heterocycles. The number of carbonyl (C=O) groups excluding carboxylic acids is 2. The largest absolute Gasteiger partial charge is 0.488 e. The molecule has 8 heteroatoms. The van der Waals surface area contributed by atoms with Gasteiger partial charge in [-0.25, -0.2) is 4.79 Å². The minimum absolute atomic E-state index is 0.108. The Hall–Kier alpha value is -3.00. The lowest BCUT2D eigenvalue weighted by atomic mass is 10.1. The lowest BCUT2D eigenvalue weighted by molar-refractivity contribution is -0.157. The molecule has 0 aliphatic carbocycles. The number of furan rings is 1. The van der Waals surface area contributed by atoms with Crippen LogP contribution in [0, 0.1) is 0 Å². The number of carbonyl (C=O) groups is 2. The van der Waals surface area contributed by atoms with Crippen LogP contribution in [-0.4, -0.2) is 30.8 Å². The van der Waals surface area contributed by atoms with E-state index in [0.29, 0.717) is 34.6 Å². The van der Waals surface area contributed by atoms with Crippen molar-refractivity contribution < 1.29 is 33.0 Å². The average molecular weight is 519 g/mol. The minimum atomic E-state index is -0.611. The molecule has 0 unspecified atom stereocenters. The molecular weight excluding hydrogens is 492 g/mol. The second-order valence-electron chi connectivity index (χ2n) is 8.26. The van der Waals surface area contributed by atoms with Crippen LogP contribution in [0.4, 0.5) is 0 Å². The molecule has 1 aromatic heterocycles. The van der Waals surface area contributed by atoms with Crippen molar-refractivity contribution in [2.45, 2.75) is 46.3 Å². The number of ether oxygens (including phenoxy) is 4. The number of para-hydroxylation sites is 1. The third kappa shape index (κ3) is 6.74. The lowest BCUT2D eigenvalue weighted by Crippen LogP contribution is -2.27. The standard InChI is InChI=1S/C25H27BrO7/c1-5-29-21(27)13-16-8-6-7-9-20(16)31-14-17-12-19(26)24-18(10-11-30-24)23(17)32-15-22(28)33-25(2,3)4/h6-12H,5,13-15H2,1-4H3. The summed E-state index contributed by atoms with van der Waals surface area (Å²) in [5, 5.41) is 0.700. The highest BCUT2D eigenvalue weighted by atomic mass is 79.9. The van der Waals surface area contributed by atoms with Gasteiger partial charge in [0.25, 0.3) is 0 Å². The molecule has 0 radical (unpaired) electrons. The van der Waals surface area contributed by atoms with Gasteiger partial charge in [0.15, 0.2) is 12.2 Å². The van der Waals surface area contributed by atoms with Crippen LogP contribution in [0.1, 0.15) is 38.8 Å². The third-order valence-corrected chi connectivity index (χ3v) is 5.06. The number of hydrogen-bond acceptors (Lipinski definition) is 7. The maximum atomic E-state index is 12.2. The van der Waals surface area contributed by atoms with E-state index in [1.165, 1.54) is 0 Å². The fraction of sp³-hybridized carbons (Fsp3) is 0.360. The zero-order valence-electron chi connectivity index (χ0n) is 19.1. The van der Waals surface area contributed by atoms with Crippen LogP contribution in [0.25, 0.3) is 11.0 Å². The normalized spacial score (nSPS) is 11.3. The van der Waals surface area contributed by atoms with Gasteiger partial charge in [0.05, 0.1) is 29.1 Å². The molecule has 1 heterocycles. The van der Waals surface area contributed by atoms with Gasteiger partial charge in [0.2, 0.25) is 0 Å². The van der Waals surface area contributed by atoms with Crippen molar-refractivity contribution in [1.82, 2.24) is 0 Å². The van der Waals surface area contributed by atoms with Crippen molar-refractivity contribution in [3.63, 3.8) is 0 Å². The van der Waals surface area contributed by atoms with Crippen LogP contribution in [0.15, 0.2) is 51.6 Å². The Bertz CT molecular complexity index is 1130. The van der Waals surface area contributed by atoms with Crippen molar-refractivity contribution in [3.05, 3.63) is 58.3 Å². The van der Waals surface area contributed by atoms with E-state index in [1.807, 2.05) is 24.3 Å². The molecule has 3 aromatic rings. The van der Waals surface area contributed by atoms with E-state index in [4.69, 9.17) is 23.4 Å². The van der Waals surface area contributed by atoms with Crippen LogP contribution in [0.5, 0.6) is 11.5 Å². The molecule has 0 fully saturated rings. The van der Waals surface area contributed by atoms with Gasteiger partial charge in [-0.1, -0.05) is 18.2 Å². The molecule has 0 spiro atoms. The van der Waals surface area contributed by atoms with Gasteiger partial charge in [-0.15, -0.1) is 0 Å². The van der Waals surface area contributed by atoms with Crippen LogP contribution >= 0.6 is 15.9 Å². The number of fused-ring (bicyclic) bond motifs is 1. The van der Waals surface area contributed by atoms with Gasteiger partial charge in [0, 0.05) is 11.1 Å². The smallest absolute Gasteiger partial charge is 0.344 e. The first-order valence-corrected chi connectivity index (χ1v) is 11.4. The molecule has 176 valence electrons. The lowest BCUT2D eigenvalue weighted by Gasteiger charge is -2.20. The summed E-state index contributed by atoms with van der Waals surface area (Å²) >= 11 is 3.51. The molecule has 33 heavy (non-hydrogen) atoms. The Labute approximate surface area is 201 Å². The highest BCUT2D eigenvalue weighted by Gasteiger charge is 2.20. The van der Waals surface area contributed by atoms with E-state index in [1.54, 1.807) is 46.1 Å². The van der Waals surface area contributed by atoms with E-state index in [0.717, 1.165) is 10.0 Å². The number of halogens is 1. The Morgan fingerprint density at radius 2 is 1.79 bits per heavy atom.